The van der Waals surface area contributed by atoms with Crippen molar-refractivity contribution in [2.45, 2.75) is 0 Å². The van der Waals surface area contributed by atoms with Crippen LogP contribution in [0.15, 0.2) is 34.7 Å². The van der Waals surface area contributed by atoms with Gasteiger partial charge in [-0.2, -0.15) is 0 Å². The van der Waals surface area contributed by atoms with Crippen molar-refractivity contribution in [2.24, 2.45) is 0 Å². The molecule has 0 aliphatic heterocycles. The number of hydrogen-bond donors (Lipinski definition) is 0. The zero-order chi connectivity index (χ0) is 10.8. The Bertz CT molecular complexity index is 505. The van der Waals surface area contributed by atoms with E-state index in [4.69, 9.17) is 16.0 Å². The van der Waals surface area contributed by atoms with Crippen molar-refractivity contribution >= 4 is 40.5 Å². The quantitative estimate of drug-likeness (QED) is 0.614. The first-order chi connectivity index (χ1) is 7.20. The SMILES string of the molecule is O=Cc1ccc(-c2ccc(I)c(Cl)c2)o1. The summed E-state index contributed by atoms with van der Waals surface area (Å²) in [6, 6.07) is 9.01. The molecule has 0 unspecified atom stereocenters. The first kappa shape index (κ1) is 10.7. The first-order valence-electron chi connectivity index (χ1n) is 4.21. The van der Waals surface area contributed by atoms with Crippen molar-refractivity contribution < 1.29 is 9.21 Å². The van der Waals surface area contributed by atoms with E-state index in [9.17, 15) is 4.79 Å². The summed E-state index contributed by atoms with van der Waals surface area (Å²) in [4.78, 5) is 10.5. The van der Waals surface area contributed by atoms with E-state index >= 15 is 0 Å². The fourth-order valence-corrected chi connectivity index (χ4v) is 1.74. The molecular formula is C11H6ClIO2. The Balaban J connectivity index is 2.44. The minimum absolute atomic E-state index is 0.319. The monoisotopic (exact) mass is 332 g/mol. The Morgan fingerprint density at radius 3 is 2.67 bits per heavy atom. The molecule has 2 rings (SSSR count). The molecule has 4 heteroatoms. The molecule has 76 valence electrons. The van der Waals surface area contributed by atoms with E-state index in [0.717, 1.165) is 9.13 Å². The average molecular weight is 333 g/mol. The van der Waals surface area contributed by atoms with Gasteiger partial charge >= 0.3 is 0 Å². The molecule has 0 aliphatic rings. The normalized spacial score (nSPS) is 10.3. The van der Waals surface area contributed by atoms with E-state index < -0.39 is 0 Å². The lowest BCUT2D eigenvalue weighted by Crippen LogP contribution is -1.77. The topological polar surface area (TPSA) is 30.2 Å². The van der Waals surface area contributed by atoms with Crippen LogP contribution >= 0.6 is 34.2 Å². The number of carbonyl (C=O) groups excluding carboxylic acids is 1. The van der Waals surface area contributed by atoms with E-state index in [1.807, 2.05) is 18.2 Å². The molecule has 1 aromatic carbocycles. The molecule has 0 spiro atoms. The maximum Gasteiger partial charge on any atom is 0.185 e. The van der Waals surface area contributed by atoms with Gasteiger partial charge in [0.1, 0.15) is 5.76 Å². The van der Waals surface area contributed by atoms with Crippen LogP contribution in [0.1, 0.15) is 10.6 Å². The van der Waals surface area contributed by atoms with Gasteiger partial charge in [-0.25, -0.2) is 0 Å². The second-order valence-corrected chi connectivity index (χ2v) is 4.52. The van der Waals surface area contributed by atoms with Gasteiger partial charge in [0.15, 0.2) is 12.0 Å². The van der Waals surface area contributed by atoms with Crippen molar-refractivity contribution in [3.8, 4) is 11.3 Å². The molecule has 2 aromatic rings. The van der Waals surface area contributed by atoms with Gasteiger partial charge in [-0.15, -0.1) is 0 Å². The second-order valence-electron chi connectivity index (χ2n) is 2.95. The van der Waals surface area contributed by atoms with Gasteiger partial charge in [0, 0.05) is 9.13 Å². The molecule has 0 N–H and O–H groups in total. The van der Waals surface area contributed by atoms with Gasteiger partial charge in [-0.05, 0) is 46.9 Å². The van der Waals surface area contributed by atoms with Crippen LogP contribution in [0.3, 0.4) is 0 Å². The highest BCUT2D eigenvalue weighted by atomic mass is 127. The zero-order valence-corrected chi connectivity index (χ0v) is 10.4. The van der Waals surface area contributed by atoms with Crippen LogP contribution in [0.5, 0.6) is 0 Å². The van der Waals surface area contributed by atoms with E-state index in [1.54, 1.807) is 12.1 Å². The molecule has 1 aromatic heterocycles. The third-order valence-electron chi connectivity index (χ3n) is 1.95. The molecule has 0 radical (unpaired) electrons. The summed E-state index contributed by atoms with van der Waals surface area (Å²) in [5.74, 6) is 0.968. The summed E-state index contributed by atoms with van der Waals surface area (Å²) in [6.45, 7) is 0. The number of carbonyl (C=O) groups is 1. The fraction of sp³-hybridized carbons (Fsp3) is 0. The number of hydrogen-bond acceptors (Lipinski definition) is 2. The predicted molar refractivity (Wildman–Crippen MR) is 67.3 cm³/mol. The minimum atomic E-state index is 0.319. The fourth-order valence-electron chi connectivity index (χ4n) is 1.22. The van der Waals surface area contributed by atoms with Crippen LogP contribution in [0.4, 0.5) is 0 Å². The molecule has 0 bridgehead atoms. The lowest BCUT2D eigenvalue weighted by Gasteiger charge is -1.99. The van der Waals surface area contributed by atoms with Crippen LogP contribution in [0.25, 0.3) is 11.3 Å². The van der Waals surface area contributed by atoms with Crippen LogP contribution in [0, 0.1) is 3.57 Å². The zero-order valence-electron chi connectivity index (χ0n) is 7.54. The first-order valence-corrected chi connectivity index (χ1v) is 5.67. The summed E-state index contributed by atoms with van der Waals surface area (Å²) in [7, 11) is 0. The Hall–Kier alpha value is -0.810. The Kier molecular flexibility index (Phi) is 3.11. The Labute approximate surface area is 105 Å². The maximum absolute atomic E-state index is 10.5. The second kappa shape index (κ2) is 4.37. The number of benzene rings is 1. The molecule has 0 atom stereocenters. The van der Waals surface area contributed by atoms with Gasteiger partial charge in [0.2, 0.25) is 0 Å². The van der Waals surface area contributed by atoms with Crippen LogP contribution in [-0.2, 0) is 0 Å². The van der Waals surface area contributed by atoms with Crippen LogP contribution in [-0.4, -0.2) is 6.29 Å². The molecular weight excluding hydrogens is 326 g/mol. The molecule has 15 heavy (non-hydrogen) atoms. The number of aldehydes is 1. The third-order valence-corrected chi connectivity index (χ3v) is 3.52. The summed E-state index contributed by atoms with van der Waals surface area (Å²) in [6.07, 6.45) is 0.678. The standard InChI is InChI=1S/C11H6ClIO2/c12-9-5-7(1-3-10(9)13)11-4-2-8(6-14)15-11/h1-6H. The minimum Gasteiger partial charge on any atom is -0.453 e. The molecule has 0 saturated carbocycles. The highest BCUT2D eigenvalue weighted by Crippen LogP contribution is 2.27. The lowest BCUT2D eigenvalue weighted by molar-refractivity contribution is 0.110. The van der Waals surface area contributed by atoms with Crippen molar-refractivity contribution in [2.75, 3.05) is 0 Å². The molecule has 0 aliphatic carbocycles. The Morgan fingerprint density at radius 2 is 2.07 bits per heavy atom. The molecule has 0 fully saturated rings. The van der Waals surface area contributed by atoms with E-state index in [0.29, 0.717) is 22.8 Å². The van der Waals surface area contributed by atoms with Crippen molar-refractivity contribution in [3.63, 3.8) is 0 Å². The van der Waals surface area contributed by atoms with E-state index in [2.05, 4.69) is 22.6 Å². The Morgan fingerprint density at radius 1 is 1.27 bits per heavy atom. The molecule has 2 nitrogen and oxygen atoms in total. The summed E-state index contributed by atoms with van der Waals surface area (Å²) in [5, 5.41) is 0.678. The highest BCUT2D eigenvalue weighted by Gasteiger charge is 2.05. The maximum atomic E-state index is 10.5. The van der Waals surface area contributed by atoms with Crippen molar-refractivity contribution in [1.82, 2.24) is 0 Å². The summed E-state index contributed by atoms with van der Waals surface area (Å²) >= 11 is 8.14. The largest absolute Gasteiger partial charge is 0.453 e. The highest BCUT2D eigenvalue weighted by molar-refractivity contribution is 14.1. The van der Waals surface area contributed by atoms with Crippen LogP contribution in [0.2, 0.25) is 5.02 Å². The van der Waals surface area contributed by atoms with E-state index in [-0.39, 0.29) is 0 Å². The predicted octanol–water partition coefficient (Wildman–Crippen LogP) is 4.02. The lowest BCUT2D eigenvalue weighted by atomic mass is 10.2. The van der Waals surface area contributed by atoms with Gasteiger partial charge in [0.25, 0.3) is 0 Å². The van der Waals surface area contributed by atoms with E-state index in [1.165, 1.54) is 0 Å². The van der Waals surface area contributed by atoms with Crippen molar-refractivity contribution in [1.29, 1.82) is 0 Å². The smallest absolute Gasteiger partial charge is 0.185 e. The van der Waals surface area contributed by atoms with Crippen LogP contribution < -0.4 is 0 Å². The molecule has 1 heterocycles. The number of halogens is 2. The third kappa shape index (κ3) is 2.23. The summed E-state index contributed by atoms with van der Waals surface area (Å²) in [5.41, 5.74) is 0.869. The average Bonchev–Trinajstić information content (AvgIpc) is 2.70. The number of rotatable bonds is 2. The van der Waals surface area contributed by atoms with Crippen molar-refractivity contribution in [3.05, 3.63) is 44.7 Å². The summed E-state index contributed by atoms with van der Waals surface area (Å²) < 4.78 is 6.27. The van der Waals surface area contributed by atoms with Gasteiger partial charge < -0.3 is 4.42 Å². The molecule has 0 amide bonds. The number of furan rings is 1. The van der Waals surface area contributed by atoms with Gasteiger partial charge in [-0.3, -0.25) is 4.79 Å². The molecule has 0 saturated heterocycles. The van der Waals surface area contributed by atoms with Gasteiger partial charge in [-0.1, -0.05) is 17.7 Å². The van der Waals surface area contributed by atoms with Gasteiger partial charge in [0.05, 0.1) is 5.02 Å².